The Labute approximate surface area is 218 Å². The van der Waals surface area contributed by atoms with Gasteiger partial charge >= 0.3 is 0 Å². The van der Waals surface area contributed by atoms with Crippen molar-refractivity contribution in [3.8, 4) is 11.4 Å². The van der Waals surface area contributed by atoms with E-state index in [1.54, 1.807) is 10.9 Å². The fourth-order valence-electron chi connectivity index (χ4n) is 5.28. The number of nitrogens with one attached hydrogen (secondary N) is 2. The van der Waals surface area contributed by atoms with Crippen LogP contribution in [0, 0.1) is 11.6 Å². The summed E-state index contributed by atoms with van der Waals surface area (Å²) in [7, 11) is 0. The molecule has 1 aliphatic carbocycles. The van der Waals surface area contributed by atoms with E-state index in [0.717, 1.165) is 36.6 Å². The predicted molar refractivity (Wildman–Crippen MR) is 135 cm³/mol. The monoisotopic (exact) mass is 530 g/mol. The van der Waals surface area contributed by atoms with Crippen molar-refractivity contribution in [2.24, 2.45) is 0 Å². The molecule has 1 amide bonds. The predicted octanol–water partition coefficient (Wildman–Crippen LogP) is 4.25. The van der Waals surface area contributed by atoms with E-state index in [9.17, 15) is 18.7 Å². The fraction of sp³-hybridized carbons (Fsp3) is 0.407. The van der Waals surface area contributed by atoms with Gasteiger partial charge in [-0.05, 0) is 61.6 Å². The highest BCUT2D eigenvalue weighted by Gasteiger charge is 2.46. The highest BCUT2D eigenvalue weighted by molar-refractivity contribution is 6.31. The van der Waals surface area contributed by atoms with Gasteiger partial charge in [-0.2, -0.15) is 5.10 Å². The van der Waals surface area contributed by atoms with Crippen LogP contribution in [-0.4, -0.2) is 45.1 Å². The fourth-order valence-corrected chi connectivity index (χ4v) is 5.50. The van der Waals surface area contributed by atoms with Gasteiger partial charge in [0.15, 0.2) is 5.75 Å². The van der Waals surface area contributed by atoms with Crippen molar-refractivity contribution < 1.29 is 23.4 Å². The maximum absolute atomic E-state index is 13.7. The second-order valence-electron chi connectivity index (χ2n) is 9.95. The number of amides is 1. The van der Waals surface area contributed by atoms with E-state index in [2.05, 4.69) is 15.7 Å². The summed E-state index contributed by atoms with van der Waals surface area (Å²) in [5.41, 5.74) is 1.65. The van der Waals surface area contributed by atoms with E-state index in [-0.39, 0.29) is 30.5 Å². The highest BCUT2D eigenvalue weighted by atomic mass is 35.5. The van der Waals surface area contributed by atoms with Gasteiger partial charge in [-0.25, -0.2) is 13.5 Å². The number of aliphatic hydroxyl groups excluding tert-OH is 1. The minimum absolute atomic E-state index is 0.0701. The van der Waals surface area contributed by atoms with Crippen LogP contribution in [0.5, 0.6) is 5.75 Å². The first-order valence-corrected chi connectivity index (χ1v) is 12.8. The summed E-state index contributed by atoms with van der Waals surface area (Å²) in [6.07, 6.45) is 6.19. The van der Waals surface area contributed by atoms with E-state index < -0.39 is 23.8 Å². The Bertz CT molecular complexity index is 1260. The van der Waals surface area contributed by atoms with Crippen molar-refractivity contribution >= 4 is 17.5 Å². The maximum atomic E-state index is 13.7. The van der Waals surface area contributed by atoms with Gasteiger partial charge in [-0.3, -0.25) is 4.79 Å². The van der Waals surface area contributed by atoms with E-state index >= 15 is 0 Å². The Kier molecular flexibility index (Phi) is 7.20. The number of rotatable bonds is 8. The normalized spacial score (nSPS) is 19.4. The molecule has 2 heterocycles. The zero-order chi connectivity index (χ0) is 26.2. The Morgan fingerprint density at radius 1 is 1.27 bits per heavy atom. The molecule has 0 bridgehead atoms. The number of hydrogen-bond donors (Lipinski definition) is 3. The largest absolute Gasteiger partial charge is 0.485 e. The second-order valence-corrected chi connectivity index (χ2v) is 10.4. The molecule has 0 saturated heterocycles. The molecule has 1 saturated carbocycles. The van der Waals surface area contributed by atoms with Crippen molar-refractivity contribution in [1.29, 1.82) is 0 Å². The van der Waals surface area contributed by atoms with E-state index in [1.165, 1.54) is 19.1 Å². The summed E-state index contributed by atoms with van der Waals surface area (Å²) < 4.78 is 35.7. The Morgan fingerprint density at radius 3 is 2.65 bits per heavy atom. The molecule has 5 rings (SSSR count). The van der Waals surface area contributed by atoms with Gasteiger partial charge in [-0.15, -0.1) is 0 Å². The lowest BCUT2D eigenvalue weighted by atomic mass is 9.72. The Balaban J connectivity index is 1.38. The topological polar surface area (TPSA) is 88.4 Å². The molecule has 196 valence electrons. The molecule has 1 fully saturated rings. The van der Waals surface area contributed by atoms with Crippen LogP contribution in [-0.2, 0) is 11.2 Å². The van der Waals surface area contributed by atoms with Crippen LogP contribution < -0.4 is 15.4 Å². The van der Waals surface area contributed by atoms with Gasteiger partial charge in [0.05, 0.1) is 12.1 Å². The summed E-state index contributed by atoms with van der Waals surface area (Å²) in [5, 5.41) is 22.1. The SMILES string of the molecule is CC(=O)N[C@@H](Cc1cc(F)cc(F)c1)[C@@H](O)CN[C@H]1CC2(CCC2)Oc2c1cc(Cl)cc2-n1cccn1. The molecule has 3 aromatic rings. The molecule has 3 atom stereocenters. The molecule has 1 aliphatic heterocycles. The maximum Gasteiger partial charge on any atom is 0.217 e. The molecule has 0 radical (unpaired) electrons. The van der Waals surface area contributed by atoms with Gasteiger partial charge in [0.1, 0.15) is 22.9 Å². The van der Waals surface area contributed by atoms with Crippen LogP contribution in [0.1, 0.15) is 49.8 Å². The van der Waals surface area contributed by atoms with Crippen molar-refractivity contribution in [2.45, 2.75) is 62.8 Å². The highest BCUT2D eigenvalue weighted by Crippen LogP contribution is 2.51. The Hall–Kier alpha value is -3.01. The molecule has 10 heteroatoms. The summed E-state index contributed by atoms with van der Waals surface area (Å²) in [6.45, 7) is 1.47. The second kappa shape index (κ2) is 10.4. The lowest BCUT2D eigenvalue weighted by Crippen LogP contribution is -2.52. The van der Waals surface area contributed by atoms with Crippen LogP contribution in [0.3, 0.4) is 0 Å². The number of fused-ring (bicyclic) bond motifs is 1. The molecular formula is C27H29ClF2N4O3. The number of ether oxygens (including phenoxy) is 1. The third-order valence-corrected chi connectivity index (χ3v) is 7.37. The van der Waals surface area contributed by atoms with Crippen molar-refractivity contribution in [2.75, 3.05) is 6.54 Å². The first kappa shape index (κ1) is 25.6. The van der Waals surface area contributed by atoms with Crippen LogP contribution in [0.15, 0.2) is 48.8 Å². The number of carbonyl (C=O) groups excluding carboxylic acids is 1. The lowest BCUT2D eigenvalue weighted by Gasteiger charge is -2.48. The van der Waals surface area contributed by atoms with E-state index in [0.29, 0.717) is 22.8 Å². The average molecular weight is 531 g/mol. The number of benzene rings is 2. The molecular weight excluding hydrogens is 502 g/mol. The molecule has 3 N–H and O–H groups in total. The number of halogens is 3. The molecule has 2 aliphatic rings. The first-order valence-electron chi connectivity index (χ1n) is 12.4. The van der Waals surface area contributed by atoms with Crippen molar-refractivity contribution in [3.05, 3.63) is 76.6 Å². The third-order valence-electron chi connectivity index (χ3n) is 7.15. The van der Waals surface area contributed by atoms with Gasteiger partial charge < -0.3 is 20.5 Å². The summed E-state index contributed by atoms with van der Waals surface area (Å²) in [5.74, 6) is -1.06. The zero-order valence-corrected chi connectivity index (χ0v) is 21.1. The third kappa shape index (κ3) is 5.63. The number of carbonyl (C=O) groups is 1. The number of nitrogens with zero attached hydrogens (tertiary/aromatic N) is 2. The smallest absolute Gasteiger partial charge is 0.217 e. The minimum atomic E-state index is -1.02. The molecule has 2 aromatic carbocycles. The quantitative estimate of drug-likeness (QED) is 0.405. The van der Waals surface area contributed by atoms with Crippen molar-refractivity contribution in [1.82, 2.24) is 20.4 Å². The van der Waals surface area contributed by atoms with Crippen LogP contribution in [0.4, 0.5) is 8.78 Å². The van der Waals surface area contributed by atoms with Gasteiger partial charge in [-0.1, -0.05) is 11.6 Å². The molecule has 1 spiro atoms. The van der Waals surface area contributed by atoms with Crippen LogP contribution in [0.2, 0.25) is 5.02 Å². The molecule has 1 aromatic heterocycles. The first-order chi connectivity index (χ1) is 17.7. The number of aliphatic hydroxyl groups is 1. The standard InChI is InChI=1S/C27H29ClF2N4O3/c1-16(35)33-22(10-17-8-19(29)13-20(30)9-17)25(36)15-31-23-14-27(4-2-5-27)37-26-21(23)11-18(28)12-24(26)34-7-3-6-32-34/h3,6-9,11-13,22-23,25,31,36H,2,4-5,10,14-15H2,1H3,(H,33,35)/t22-,23-,25-/m0/s1. The molecule has 37 heavy (non-hydrogen) atoms. The number of hydrogen-bond acceptors (Lipinski definition) is 5. The molecule has 7 nitrogen and oxygen atoms in total. The van der Waals surface area contributed by atoms with Gasteiger partial charge in [0.25, 0.3) is 0 Å². The average Bonchev–Trinajstić information content (AvgIpc) is 3.34. The Morgan fingerprint density at radius 2 is 2.03 bits per heavy atom. The van der Waals surface area contributed by atoms with E-state index in [4.69, 9.17) is 16.3 Å². The van der Waals surface area contributed by atoms with Gasteiger partial charge in [0.2, 0.25) is 5.91 Å². The summed E-state index contributed by atoms with van der Waals surface area (Å²) >= 11 is 6.49. The van der Waals surface area contributed by atoms with Crippen LogP contribution in [0.25, 0.3) is 5.69 Å². The van der Waals surface area contributed by atoms with E-state index in [1.807, 2.05) is 24.4 Å². The van der Waals surface area contributed by atoms with Crippen molar-refractivity contribution in [3.63, 3.8) is 0 Å². The molecule has 0 unspecified atom stereocenters. The summed E-state index contributed by atoms with van der Waals surface area (Å²) in [6, 6.07) is 7.78. The van der Waals surface area contributed by atoms with Gasteiger partial charge in [0, 0.05) is 55.0 Å². The van der Waals surface area contributed by atoms with Crippen LogP contribution >= 0.6 is 11.6 Å². The number of aromatic nitrogens is 2. The zero-order valence-electron chi connectivity index (χ0n) is 20.4. The summed E-state index contributed by atoms with van der Waals surface area (Å²) in [4.78, 5) is 11.8. The lowest BCUT2D eigenvalue weighted by molar-refractivity contribution is -0.120. The minimum Gasteiger partial charge on any atom is -0.485 e.